The van der Waals surface area contributed by atoms with Gasteiger partial charge in [-0.15, -0.1) is 0 Å². The molecule has 78 valence electrons. The summed E-state index contributed by atoms with van der Waals surface area (Å²) < 4.78 is 13.5. The molecule has 3 nitrogen and oxygen atoms in total. The number of ketones is 1. The average molecular weight is 206 g/mol. The van der Waals surface area contributed by atoms with E-state index in [1.165, 1.54) is 32.2 Å². The number of carbonyl (C=O) groups is 1. The van der Waals surface area contributed by atoms with Crippen LogP contribution in [0.3, 0.4) is 0 Å². The van der Waals surface area contributed by atoms with E-state index in [9.17, 15) is 9.18 Å². The Kier molecular flexibility index (Phi) is 3.44. The highest BCUT2D eigenvalue weighted by Crippen LogP contribution is 2.16. The quantitative estimate of drug-likeness (QED) is 0.415. The Morgan fingerprint density at radius 2 is 2.13 bits per heavy atom. The molecule has 0 radical (unpaired) electrons. The van der Waals surface area contributed by atoms with E-state index in [-0.39, 0.29) is 22.7 Å². The fraction of sp³-hybridized carbons (Fsp3) is 0.182. The first kappa shape index (κ1) is 11.2. The smallest absolute Gasteiger partial charge is 0.160 e. The molecule has 0 amide bonds. The summed E-state index contributed by atoms with van der Waals surface area (Å²) in [6, 6.07) is 4.28. The van der Waals surface area contributed by atoms with Gasteiger partial charge in [0, 0.05) is 12.6 Å². The van der Waals surface area contributed by atoms with Gasteiger partial charge in [0.15, 0.2) is 11.6 Å². The number of hydrogen-bond donors (Lipinski definition) is 0. The van der Waals surface area contributed by atoms with Crippen molar-refractivity contribution in [3.05, 3.63) is 35.1 Å². The zero-order chi connectivity index (χ0) is 11.4. The molecule has 0 aromatic heterocycles. The van der Waals surface area contributed by atoms with Gasteiger partial charge in [0.05, 0.1) is 5.56 Å². The fourth-order valence-electron chi connectivity index (χ4n) is 1.31. The van der Waals surface area contributed by atoms with Gasteiger partial charge < -0.3 is 0 Å². The van der Waals surface area contributed by atoms with E-state index in [4.69, 9.17) is 0 Å². The minimum absolute atomic E-state index is 0.113. The van der Waals surface area contributed by atoms with Gasteiger partial charge in [-0.1, -0.05) is 12.1 Å². The third-order valence-electron chi connectivity index (χ3n) is 1.98. The lowest BCUT2D eigenvalue weighted by molar-refractivity contribution is 0.101. The van der Waals surface area contributed by atoms with Crippen molar-refractivity contribution in [1.29, 1.82) is 0 Å². The molecular formula is C11H11FN2O. The molecule has 0 saturated carbocycles. The molecule has 0 saturated heterocycles. The summed E-state index contributed by atoms with van der Waals surface area (Å²) >= 11 is 0. The standard InChI is InChI=1S/C11H11FN2O/c1-7(15)8-5-4-6-9(12)10(8)11(13-2)14-3/h4-6H,2H2,1,3H3. The van der Waals surface area contributed by atoms with Crippen molar-refractivity contribution in [2.24, 2.45) is 9.98 Å². The summed E-state index contributed by atoms with van der Waals surface area (Å²) in [5.74, 6) is -0.608. The van der Waals surface area contributed by atoms with Gasteiger partial charge in [0.1, 0.15) is 5.82 Å². The first-order valence-electron chi connectivity index (χ1n) is 4.35. The van der Waals surface area contributed by atoms with Gasteiger partial charge in [-0.25, -0.2) is 9.38 Å². The van der Waals surface area contributed by atoms with E-state index in [0.717, 1.165) is 0 Å². The summed E-state index contributed by atoms with van der Waals surface area (Å²) in [5, 5.41) is 0. The minimum Gasteiger partial charge on any atom is -0.294 e. The van der Waals surface area contributed by atoms with E-state index in [0.29, 0.717) is 0 Å². The highest BCUT2D eigenvalue weighted by Gasteiger charge is 2.15. The lowest BCUT2D eigenvalue weighted by atomic mass is 10.0. The Hall–Kier alpha value is -1.84. The summed E-state index contributed by atoms with van der Waals surface area (Å²) in [7, 11) is 1.47. The monoisotopic (exact) mass is 206 g/mol. The van der Waals surface area contributed by atoms with Gasteiger partial charge >= 0.3 is 0 Å². The fourth-order valence-corrected chi connectivity index (χ4v) is 1.31. The second-order valence-electron chi connectivity index (χ2n) is 2.92. The zero-order valence-electron chi connectivity index (χ0n) is 8.62. The normalized spacial score (nSPS) is 11.3. The third kappa shape index (κ3) is 2.15. The van der Waals surface area contributed by atoms with Crippen LogP contribution >= 0.6 is 0 Å². The van der Waals surface area contributed by atoms with Crippen LogP contribution in [0.5, 0.6) is 0 Å². The topological polar surface area (TPSA) is 41.8 Å². The maximum absolute atomic E-state index is 13.5. The van der Waals surface area contributed by atoms with Crippen LogP contribution in [-0.4, -0.2) is 25.4 Å². The Morgan fingerprint density at radius 3 is 2.60 bits per heavy atom. The maximum atomic E-state index is 13.5. The molecule has 0 bridgehead atoms. The zero-order valence-corrected chi connectivity index (χ0v) is 8.62. The second kappa shape index (κ2) is 4.59. The molecule has 0 unspecified atom stereocenters. The van der Waals surface area contributed by atoms with Crippen LogP contribution in [0.4, 0.5) is 4.39 Å². The molecule has 0 aliphatic rings. The Morgan fingerprint density at radius 1 is 1.47 bits per heavy atom. The molecule has 0 aliphatic carbocycles. The van der Waals surface area contributed by atoms with E-state index >= 15 is 0 Å². The number of Topliss-reactive ketones (excluding diaryl/α,β-unsaturated/α-hetero) is 1. The van der Waals surface area contributed by atoms with Gasteiger partial charge in [-0.2, -0.15) is 0 Å². The van der Waals surface area contributed by atoms with Crippen molar-refractivity contribution < 1.29 is 9.18 Å². The Bertz CT molecular complexity index is 438. The molecule has 0 atom stereocenters. The molecule has 1 aromatic rings. The Labute approximate surface area is 87.4 Å². The molecule has 0 aliphatic heterocycles. The predicted octanol–water partition coefficient (Wildman–Crippen LogP) is 2.11. The molecule has 0 heterocycles. The summed E-state index contributed by atoms with van der Waals surface area (Å²) in [6.45, 7) is 4.66. The average Bonchev–Trinajstić information content (AvgIpc) is 2.21. The number of hydrogen-bond acceptors (Lipinski definition) is 2. The van der Waals surface area contributed by atoms with Gasteiger partial charge in [0.2, 0.25) is 0 Å². The number of halogens is 1. The Balaban J connectivity index is 3.50. The van der Waals surface area contributed by atoms with Crippen LogP contribution in [0.2, 0.25) is 0 Å². The van der Waals surface area contributed by atoms with Crippen molar-refractivity contribution >= 4 is 18.3 Å². The number of rotatable bonds is 2. The molecule has 4 heteroatoms. The number of aliphatic imine (C=N–C) groups is 2. The van der Waals surface area contributed by atoms with Gasteiger partial charge in [-0.3, -0.25) is 9.79 Å². The number of nitrogens with zero attached hydrogens (tertiary/aromatic N) is 2. The lowest BCUT2D eigenvalue weighted by Crippen LogP contribution is -2.08. The molecule has 0 N–H and O–H groups in total. The van der Waals surface area contributed by atoms with Crippen molar-refractivity contribution in [3.63, 3.8) is 0 Å². The van der Waals surface area contributed by atoms with Crippen LogP contribution in [0, 0.1) is 5.82 Å². The highest BCUT2D eigenvalue weighted by molar-refractivity contribution is 6.10. The summed E-state index contributed by atoms with van der Waals surface area (Å²) in [4.78, 5) is 18.6. The van der Waals surface area contributed by atoms with E-state index in [1.54, 1.807) is 0 Å². The molecule has 1 aromatic carbocycles. The van der Waals surface area contributed by atoms with Gasteiger partial charge in [-0.05, 0) is 19.7 Å². The first-order chi connectivity index (χ1) is 7.11. The van der Waals surface area contributed by atoms with Crippen LogP contribution in [0.15, 0.2) is 28.2 Å². The maximum Gasteiger partial charge on any atom is 0.160 e. The van der Waals surface area contributed by atoms with Gasteiger partial charge in [0.25, 0.3) is 0 Å². The highest BCUT2D eigenvalue weighted by atomic mass is 19.1. The van der Waals surface area contributed by atoms with E-state index < -0.39 is 5.82 Å². The van der Waals surface area contributed by atoms with E-state index in [2.05, 4.69) is 16.7 Å². The van der Waals surface area contributed by atoms with E-state index in [1.807, 2.05) is 0 Å². The summed E-state index contributed by atoms with van der Waals surface area (Å²) in [6.07, 6.45) is 0. The molecule has 0 spiro atoms. The largest absolute Gasteiger partial charge is 0.294 e. The predicted molar refractivity (Wildman–Crippen MR) is 58.4 cm³/mol. The number of benzene rings is 1. The minimum atomic E-state index is -0.518. The van der Waals surface area contributed by atoms with Crippen LogP contribution in [0.25, 0.3) is 0 Å². The SMILES string of the molecule is C=NC(=NC)c1c(F)cccc1C(C)=O. The van der Waals surface area contributed by atoms with Crippen molar-refractivity contribution in [3.8, 4) is 0 Å². The van der Waals surface area contributed by atoms with Crippen LogP contribution in [0.1, 0.15) is 22.8 Å². The van der Waals surface area contributed by atoms with Crippen molar-refractivity contribution in [2.45, 2.75) is 6.92 Å². The number of carbonyl (C=O) groups excluding carboxylic acids is 1. The van der Waals surface area contributed by atoms with Crippen LogP contribution in [-0.2, 0) is 0 Å². The summed E-state index contributed by atoms with van der Waals surface area (Å²) in [5.41, 5.74) is 0.380. The third-order valence-corrected chi connectivity index (χ3v) is 1.98. The van der Waals surface area contributed by atoms with Crippen molar-refractivity contribution in [1.82, 2.24) is 0 Å². The van der Waals surface area contributed by atoms with Crippen molar-refractivity contribution in [2.75, 3.05) is 7.05 Å². The first-order valence-corrected chi connectivity index (χ1v) is 4.35. The number of amidine groups is 1. The lowest BCUT2D eigenvalue weighted by Gasteiger charge is -2.06. The van der Waals surface area contributed by atoms with Crippen LogP contribution < -0.4 is 0 Å². The molecule has 1 rings (SSSR count). The molecule has 0 fully saturated rings. The molecular weight excluding hydrogens is 195 g/mol. The second-order valence-corrected chi connectivity index (χ2v) is 2.92. The molecule has 15 heavy (non-hydrogen) atoms.